The van der Waals surface area contributed by atoms with Gasteiger partial charge in [-0.15, -0.1) is 0 Å². The molecule has 2 atom stereocenters. The summed E-state index contributed by atoms with van der Waals surface area (Å²) in [5.74, 6) is -0.219. The highest BCUT2D eigenvalue weighted by molar-refractivity contribution is 4.89. The highest BCUT2D eigenvalue weighted by Crippen LogP contribution is 2.36. The second-order valence-corrected chi connectivity index (χ2v) is 5.92. The maximum Gasteiger partial charge on any atom is 0.168 e. The number of ether oxygens (including phenoxy) is 3. The molecule has 1 aliphatic heterocycles. The Kier molecular flexibility index (Phi) is 3.89. The van der Waals surface area contributed by atoms with Crippen molar-refractivity contribution in [1.82, 2.24) is 5.32 Å². The molecular weight excluding hydrogens is 230 g/mol. The predicted octanol–water partition coefficient (Wildman–Crippen LogP) is 1.83. The molecule has 104 valence electrons. The Labute approximate surface area is 109 Å². The first-order valence-electron chi connectivity index (χ1n) is 7.36. The molecule has 0 radical (unpaired) electrons. The molecule has 1 N–H and O–H groups in total. The van der Waals surface area contributed by atoms with Crippen LogP contribution in [0.25, 0.3) is 0 Å². The lowest BCUT2D eigenvalue weighted by Crippen LogP contribution is -2.45. The maximum absolute atomic E-state index is 5.76. The van der Waals surface area contributed by atoms with E-state index in [1.165, 1.54) is 32.1 Å². The summed E-state index contributed by atoms with van der Waals surface area (Å²) in [7, 11) is 1.83. The van der Waals surface area contributed by atoms with E-state index < -0.39 is 0 Å². The van der Waals surface area contributed by atoms with Gasteiger partial charge in [0.05, 0.1) is 19.3 Å². The van der Waals surface area contributed by atoms with Crippen molar-refractivity contribution in [3.63, 3.8) is 0 Å². The van der Waals surface area contributed by atoms with E-state index in [-0.39, 0.29) is 5.79 Å². The summed E-state index contributed by atoms with van der Waals surface area (Å²) in [4.78, 5) is 0. The van der Waals surface area contributed by atoms with Crippen LogP contribution in [0.4, 0.5) is 0 Å². The number of rotatable bonds is 3. The fourth-order valence-corrected chi connectivity index (χ4v) is 3.65. The van der Waals surface area contributed by atoms with Gasteiger partial charge in [0.2, 0.25) is 0 Å². The molecule has 4 heteroatoms. The average Bonchev–Trinajstić information content (AvgIpc) is 3.02. The van der Waals surface area contributed by atoms with Gasteiger partial charge in [0.1, 0.15) is 0 Å². The molecule has 2 saturated carbocycles. The van der Waals surface area contributed by atoms with Gasteiger partial charge in [0.25, 0.3) is 0 Å². The first kappa shape index (κ1) is 12.9. The van der Waals surface area contributed by atoms with E-state index in [1.54, 1.807) is 0 Å². The minimum atomic E-state index is -0.219. The van der Waals surface area contributed by atoms with E-state index in [0.29, 0.717) is 18.2 Å². The minimum absolute atomic E-state index is 0.219. The van der Waals surface area contributed by atoms with Crippen LogP contribution in [-0.2, 0) is 14.2 Å². The summed E-state index contributed by atoms with van der Waals surface area (Å²) in [6, 6.07) is 1.29. The van der Waals surface area contributed by atoms with Crippen LogP contribution in [0.2, 0.25) is 0 Å². The smallest absolute Gasteiger partial charge is 0.168 e. The molecule has 1 saturated heterocycles. The largest absolute Gasteiger partial charge is 0.381 e. The Hall–Kier alpha value is -0.160. The Balaban J connectivity index is 1.43. The first-order chi connectivity index (χ1) is 8.80. The fourth-order valence-electron chi connectivity index (χ4n) is 3.65. The van der Waals surface area contributed by atoms with Crippen molar-refractivity contribution in [1.29, 1.82) is 0 Å². The lowest BCUT2D eigenvalue weighted by Gasteiger charge is -2.36. The summed E-state index contributed by atoms with van der Waals surface area (Å²) >= 11 is 0. The normalized spacial score (nSPS) is 36.5. The zero-order valence-electron chi connectivity index (χ0n) is 11.3. The monoisotopic (exact) mass is 255 g/mol. The van der Waals surface area contributed by atoms with Crippen LogP contribution in [0.1, 0.15) is 44.9 Å². The van der Waals surface area contributed by atoms with E-state index in [4.69, 9.17) is 14.2 Å². The van der Waals surface area contributed by atoms with Gasteiger partial charge < -0.3 is 19.5 Å². The third-order valence-electron chi connectivity index (χ3n) is 4.75. The van der Waals surface area contributed by atoms with Crippen molar-refractivity contribution in [2.45, 2.75) is 68.9 Å². The summed E-state index contributed by atoms with van der Waals surface area (Å²) in [5, 5.41) is 3.80. The van der Waals surface area contributed by atoms with Crippen LogP contribution in [0, 0.1) is 0 Å². The van der Waals surface area contributed by atoms with E-state index in [1.807, 2.05) is 7.11 Å². The van der Waals surface area contributed by atoms with Gasteiger partial charge in [-0.3, -0.25) is 0 Å². The van der Waals surface area contributed by atoms with Gasteiger partial charge in [-0.1, -0.05) is 0 Å². The molecule has 3 rings (SSSR count). The highest BCUT2D eigenvalue weighted by atomic mass is 16.7. The topological polar surface area (TPSA) is 39.7 Å². The van der Waals surface area contributed by atoms with Crippen molar-refractivity contribution in [2.75, 3.05) is 20.3 Å². The molecule has 0 aromatic carbocycles. The van der Waals surface area contributed by atoms with Crippen LogP contribution in [0.5, 0.6) is 0 Å². The third kappa shape index (κ3) is 2.72. The number of methoxy groups -OCH3 is 1. The zero-order chi connectivity index (χ0) is 12.4. The van der Waals surface area contributed by atoms with Crippen molar-refractivity contribution >= 4 is 0 Å². The van der Waals surface area contributed by atoms with E-state index >= 15 is 0 Å². The van der Waals surface area contributed by atoms with Crippen LogP contribution in [0.3, 0.4) is 0 Å². The molecule has 0 aromatic rings. The summed E-state index contributed by atoms with van der Waals surface area (Å²) < 4.78 is 17.0. The molecule has 1 heterocycles. The standard InChI is InChI=1S/C14H25NO3/c1-16-13-3-2-12(10-13)15-11-4-6-14(7-5-11)17-8-9-18-14/h11-13,15H,2-10H2,1H3. The molecule has 0 bridgehead atoms. The number of hydrogen-bond donors (Lipinski definition) is 1. The van der Waals surface area contributed by atoms with Gasteiger partial charge in [-0.25, -0.2) is 0 Å². The Bertz CT molecular complexity index is 268. The first-order valence-corrected chi connectivity index (χ1v) is 7.36. The van der Waals surface area contributed by atoms with Crippen LogP contribution < -0.4 is 5.32 Å². The second-order valence-electron chi connectivity index (χ2n) is 5.92. The zero-order valence-corrected chi connectivity index (χ0v) is 11.3. The minimum Gasteiger partial charge on any atom is -0.381 e. The predicted molar refractivity (Wildman–Crippen MR) is 68.5 cm³/mol. The van der Waals surface area contributed by atoms with Crippen LogP contribution in [0.15, 0.2) is 0 Å². The van der Waals surface area contributed by atoms with E-state index in [2.05, 4.69) is 5.32 Å². The Morgan fingerprint density at radius 1 is 1.00 bits per heavy atom. The summed E-state index contributed by atoms with van der Waals surface area (Å²) in [5.41, 5.74) is 0. The molecule has 2 aliphatic carbocycles. The van der Waals surface area contributed by atoms with Crippen LogP contribution >= 0.6 is 0 Å². The van der Waals surface area contributed by atoms with E-state index in [9.17, 15) is 0 Å². The molecule has 0 amide bonds. The fraction of sp³-hybridized carbons (Fsp3) is 1.00. The molecule has 18 heavy (non-hydrogen) atoms. The quantitative estimate of drug-likeness (QED) is 0.835. The Morgan fingerprint density at radius 2 is 1.72 bits per heavy atom. The lowest BCUT2D eigenvalue weighted by atomic mass is 9.89. The Morgan fingerprint density at radius 3 is 2.33 bits per heavy atom. The van der Waals surface area contributed by atoms with Gasteiger partial charge in [0.15, 0.2) is 5.79 Å². The van der Waals surface area contributed by atoms with Crippen molar-refractivity contribution < 1.29 is 14.2 Å². The SMILES string of the molecule is COC1CCC(NC2CCC3(CC2)OCCO3)C1. The number of nitrogens with one attached hydrogen (secondary N) is 1. The number of hydrogen-bond acceptors (Lipinski definition) is 4. The van der Waals surface area contributed by atoms with Crippen molar-refractivity contribution in [3.05, 3.63) is 0 Å². The molecular formula is C14H25NO3. The average molecular weight is 255 g/mol. The summed E-state index contributed by atoms with van der Waals surface area (Å²) in [6.45, 7) is 1.55. The molecule has 0 aromatic heterocycles. The molecule has 4 nitrogen and oxygen atoms in total. The van der Waals surface area contributed by atoms with Gasteiger partial charge >= 0.3 is 0 Å². The third-order valence-corrected chi connectivity index (χ3v) is 4.75. The molecule has 1 spiro atoms. The molecule has 3 fully saturated rings. The van der Waals surface area contributed by atoms with Crippen molar-refractivity contribution in [3.8, 4) is 0 Å². The summed E-state index contributed by atoms with van der Waals surface area (Å²) in [6.07, 6.45) is 8.55. The molecule has 2 unspecified atom stereocenters. The van der Waals surface area contributed by atoms with Gasteiger partial charge in [-0.2, -0.15) is 0 Å². The second kappa shape index (κ2) is 5.45. The maximum atomic E-state index is 5.76. The van der Waals surface area contributed by atoms with E-state index in [0.717, 1.165) is 26.1 Å². The lowest BCUT2D eigenvalue weighted by molar-refractivity contribution is -0.179. The van der Waals surface area contributed by atoms with Gasteiger partial charge in [-0.05, 0) is 32.1 Å². The van der Waals surface area contributed by atoms with Crippen LogP contribution in [-0.4, -0.2) is 44.3 Å². The highest BCUT2D eigenvalue weighted by Gasteiger charge is 2.40. The molecule has 3 aliphatic rings. The van der Waals surface area contributed by atoms with Crippen molar-refractivity contribution in [2.24, 2.45) is 0 Å². The van der Waals surface area contributed by atoms with Gasteiger partial charge in [0, 0.05) is 32.0 Å².